The monoisotopic (exact) mass is 274 g/mol. The molecule has 1 N–H and O–H groups in total. The number of rotatable bonds is 2. The molecule has 0 radical (unpaired) electrons. The number of hydrogen-bond acceptors (Lipinski definition) is 4. The summed E-state index contributed by atoms with van der Waals surface area (Å²) in [5, 5.41) is 2.99. The van der Waals surface area contributed by atoms with Crippen LogP contribution in [0.5, 0.6) is 0 Å². The highest BCUT2D eigenvalue weighted by Gasteiger charge is 2.56. The summed E-state index contributed by atoms with van der Waals surface area (Å²) >= 11 is 5.67. The Balaban J connectivity index is 2.04. The number of carbonyl (C=O) groups excluding carboxylic acids is 1. The standard InChI is InChI=1S/C10H9ClF2N4O/c11-9-14-3-5-7(15-9)16-10(1-2-10)8(18)17(5)4-6(12)13/h3,6H,1-2,4H2,(H,14,15,16). The molecule has 0 aromatic carbocycles. The van der Waals surface area contributed by atoms with E-state index in [0.717, 1.165) is 4.90 Å². The molecule has 1 fully saturated rings. The molecule has 8 heteroatoms. The van der Waals surface area contributed by atoms with Crippen LogP contribution in [0.1, 0.15) is 12.8 Å². The van der Waals surface area contributed by atoms with E-state index in [4.69, 9.17) is 11.6 Å². The van der Waals surface area contributed by atoms with Crippen molar-refractivity contribution >= 4 is 29.0 Å². The zero-order valence-electron chi connectivity index (χ0n) is 9.16. The Morgan fingerprint density at radius 2 is 2.28 bits per heavy atom. The number of amides is 1. The van der Waals surface area contributed by atoms with Crippen LogP contribution >= 0.6 is 11.6 Å². The molecular formula is C10H9ClF2N4O. The first-order valence-corrected chi connectivity index (χ1v) is 5.80. The van der Waals surface area contributed by atoms with Crippen LogP contribution < -0.4 is 10.2 Å². The van der Waals surface area contributed by atoms with Crippen molar-refractivity contribution in [2.75, 3.05) is 16.8 Å². The van der Waals surface area contributed by atoms with E-state index in [2.05, 4.69) is 15.3 Å². The summed E-state index contributed by atoms with van der Waals surface area (Å²) in [5.41, 5.74) is -0.512. The maximum Gasteiger partial charge on any atom is 0.256 e. The third kappa shape index (κ3) is 1.69. The van der Waals surface area contributed by atoms with Gasteiger partial charge in [-0.2, -0.15) is 4.98 Å². The van der Waals surface area contributed by atoms with E-state index >= 15 is 0 Å². The summed E-state index contributed by atoms with van der Waals surface area (Å²) in [4.78, 5) is 20.8. The van der Waals surface area contributed by atoms with Crippen LogP contribution in [-0.4, -0.2) is 34.4 Å². The lowest BCUT2D eigenvalue weighted by Gasteiger charge is -2.34. The van der Waals surface area contributed by atoms with Crippen molar-refractivity contribution in [3.8, 4) is 0 Å². The number of fused-ring (bicyclic) bond motifs is 1. The van der Waals surface area contributed by atoms with Gasteiger partial charge in [0, 0.05) is 0 Å². The lowest BCUT2D eigenvalue weighted by atomic mass is 10.1. The van der Waals surface area contributed by atoms with Crippen LogP contribution in [0, 0.1) is 0 Å². The lowest BCUT2D eigenvalue weighted by Crippen LogP contribution is -2.51. The van der Waals surface area contributed by atoms with Crippen LogP contribution in [0.2, 0.25) is 5.28 Å². The maximum atomic E-state index is 12.6. The van der Waals surface area contributed by atoms with Gasteiger partial charge in [-0.25, -0.2) is 13.8 Å². The first kappa shape index (κ1) is 11.6. The van der Waals surface area contributed by atoms with E-state index in [1.54, 1.807) is 0 Å². The molecule has 1 spiro atoms. The minimum Gasteiger partial charge on any atom is -0.354 e. The zero-order valence-corrected chi connectivity index (χ0v) is 9.92. The molecule has 0 bridgehead atoms. The van der Waals surface area contributed by atoms with E-state index < -0.39 is 18.5 Å². The van der Waals surface area contributed by atoms with Gasteiger partial charge in [0.05, 0.1) is 12.7 Å². The summed E-state index contributed by atoms with van der Waals surface area (Å²) in [5.74, 6) is -0.00558. The zero-order chi connectivity index (χ0) is 12.9. The molecule has 1 aromatic rings. The van der Waals surface area contributed by atoms with Crippen molar-refractivity contribution in [1.29, 1.82) is 0 Å². The minimum absolute atomic E-state index is 0.0170. The number of halogens is 3. The molecule has 0 unspecified atom stereocenters. The van der Waals surface area contributed by atoms with E-state index in [0.29, 0.717) is 18.7 Å². The van der Waals surface area contributed by atoms with Gasteiger partial charge in [-0.3, -0.25) is 9.69 Å². The van der Waals surface area contributed by atoms with Crippen molar-refractivity contribution in [2.24, 2.45) is 0 Å². The Morgan fingerprint density at radius 3 is 2.89 bits per heavy atom. The molecular weight excluding hydrogens is 266 g/mol. The summed E-state index contributed by atoms with van der Waals surface area (Å²) in [6, 6.07) is 0. The third-order valence-electron chi connectivity index (χ3n) is 3.11. The molecule has 18 heavy (non-hydrogen) atoms. The first-order valence-electron chi connectivity index (χ1n) is 5.43. The summed E-state index contributed by atoms with van der Waals surface area (Å²) in [6.07, 6.45) is -0.0849. The normalized spacial score (nSPS) is 20.0. The highest BCUT2D eigenvalue weighted by molar-refractivity contribution is 6.28. The quantitative estimate of drug-likeness (QED) is 0.834. The van der Waals surface area contributed by atoms with Crippen LogP contribution in [0.3, 0.4) is 0 Å². The van der Waals surface area contributed by atoms with Crippen molar-refractivity contribution in [3.05, 3.63) is 11.5 Å². The fourth-order valence-corrected chi connectivity index (χ4v) is 2.21. The highest BCUT2D eigenvalue weighted by Crippen LogP contribution is 2.46. The Bertz CT molecular complexity index is 521. The van der Waals surface area contributed by atoms with Crippen molar-refractivity contribution in [2.45, 2.75) is 24.8 Å². The van der Waals surface area contributed by atoms with E-state index in [1.165, 1.54) is 6.20 Å². The van der Waals surface area contributed by atoms with Gasteiger partial charge in [0.2, 0.25) is 5.28 Å². The van der Waals surface area contributed by atoms with E-state index in [1.807, 2.05) is 0 Å². The molecule has 3 rings (SSSR count). The maximum absolute atomic E-state index is 12.6. The Labute approximate surface area is 106 Å². The summed E-state index contributed by atoms with van der Waals surface area (Å²) < 4.78 is 25.1. The molecule has 96 valence electrons. The van der Waals surface area contributed by atoms with E-state index in [-0.39, 0.29) is 16.9 Å². The molecule has 1 aliphatic carbocycles. The first-order chi connectivity index (χ1) is 8.52. The number of nitrogens with zero attached hydrogens (tertiary/aromatic N) is 3. The predicted octanol–water partition coefficient (Wildman–Crippen LogP) is 1.69. The van der Waals surface area contributed by atoms with Gasteiger partial charge in [-0.15, -0.1) is 0 Å². The number of carbonyl (C=O) groups is 1. The highest BCUT2D eigenvalue weighted by atomic mass is 35.5. The molecule has 1 amide bonds. The number of hydrogen-bond donors (Lipinski definition) is 1. The van der Waals surface area contributed by atoms with Crippen LogP contribution in [0.25, 0.3) is 0 Å². The van der Waals surface area contributed by atoms with Crippen LogP contribution in [0.4, 0.5) is 20.3 Å². The number of alkyl halides is 2. The van der Waals surface area contributed by atoms with Crippen molar-refractivity contribution in [3.63, 3.8) is 0 Å². The average Bonchev–Trinajstić information content (AvgIpc) is 3.05. The second-order valence-corrected chi connectivity index (χ2v) is 4.72. The van der Waals surface area contributed by atoms with Gasteiger partial charge in [0.1, 0.15) is 11.2 Å². The SMILES string of the molecule is O=C1N(CC(F)F)c2cnc(Cl)nc2NC12CC2. The number of nitrogens with one attached hydrogen (secondary N) is 1. The molecule has 1 aliphatic heterocycles. The lowest BCUT2D eigenvalue weighted by molar-refractivity contribution is -0.120. The second kappa shape index (κ2) is 3.74. The molecule has 0 atom stereocenters. The minimum atomic E-state index is -2.61. The number of aromatic nitrogens is 2. The van der Waals surface area contributed by atoms with Crippen LogP contribution in [0.15, 0.2) is 6.20 Å². The summed E-state index contributed by atoms with van der Waals surface area (Å²) in [7, 11) is 0. The number of anilines is 2. The second-order valence-electron chi connectivity index (χ2n) is 4.39. The Hall–Kier alpha value is -1.50. The van der Waals surface area contributed by atoms with Gasteiger partial charge >= 0.3 is 0 Å². The Morgan fingerprint density at radius 1 is 1.56 bits per heavy atom. The molecule has 2 heterocycles. The average molecular weight is 275 g/mol. The van der Waals surface area contributed by atoms with Gasteiger partial charge in [-0.1, -0.05) is 0 Å². The van der Waals surface area contributed by atoms with Gasteiger partial charge in [0.25, 0.3) is 12.3 Å². The van der Waals surface area contributed by atoms with Crippen molar-refractivity contribution in [1.82, 2.24) is 9.97 Å². The third-order valence-corrected chi connectivity index (χ3v) is 3.30. The van der Waals surface area contributed by atoms with Gasteiger partial charge in [-0.05, 0) is 24.4 Å². The molecule has 1 aromatic heterocycles. The molecule has 5 nitrogen and oxygen atoms in total. The van der Waals surface area contributed by atoms with Crippen LogP contribution in [-0.2, 0) is 4.79 Å². The Kier molecular flexibility index (Phi) is 2.41. The largest absolute Gasteiger partial charge is 0.354 e. The van der Waals surface area contributed by atoms with Gasteiger partial charge < -0.3 is 5.32 Å². The van der Waals surface area contributed by atoms with Crippen molar-refractivity contribution < 1.29 is 13.6 Å². The smallest absolute Gasteiger partial charge is 0.256 e. The molecule has 2 aliphatic rings. The fourth-order valence-electron chi connectivity index (χ4n) is 2.07. The molecule has 0 saturated heterocycles. The predicted molar refractivity (Wildman–Crippen MR) is 61.0 cm³/mol. The summed E-state index contributed by atoms with van der Waals surface area (Å²) in [6.45, 7) is -0.653. The fraction of sp³-hybridized carbons (Fsp3) is 0.500. The van der Waals surface area contributed by atoms with Gasteiger partial charge in [0.15, 0.2) is 5.82 Å². The topological polar surface area (TPSA) is 58.1 Å². The van der Waals surface area contributed by atoms with E-state index in [9.17, 15) is 13.6 Å². The molecule has 1 saturated carbocycles.